The molecule has 0 aromatic heterocycles. The van der Waals surface area contributed by atoms with E-state index in [1.165, 1.54) is 6.07 Å². The van der Waals surface area contributed by atoms with E-state index in [4.69, 9.17) is 10.8 Å². The topological polar surface area (TPSA) is 63.3 Å². The minimum atomic E-state index is -1.13. The van der Waals surface area contributed by atoms with Crippen LogP contribution in [0.3, 0.4) is 0 Å². The number of benzene rings is 1. The molecule has 88 valence electrons. The van der Waals surface area contributed by atoms with Gasteiger partial charge in [-0.05, 0) is 30.2 Å². The summed E-state index contributed by atoms with van der Waals surface area (Å²) in [5.41, 5.74) is 6.53. The van der Waals surface area contributed by atoms with Crippen molar-refractivity contribution in [1.82, 2.24) is 0 Å². The molecule has 0 aliphatic rings. The Hall–Kier alpha value is -0.940. The summed E-state index contributed by atoms with van der Waals surface area (Å²) in [6.07, 6.45) is 0. The quantitative estimate of drug-likeness (QED) is 0.898. The zero-order chi connectivity index (χ0) is 12.5. The second-order valence-corrected chi connectivity index (χ2v) is 4.57. The van der Waals surface area contributed by atoms with Gasteiger partial charge in [0.05, 0.1) is 0 Å². The summed E-state index contributed by atoms with van der Waals surface area (Å²) in [5, 5.41) is 8.81. The van der Waals surface area contributed by atoms with Crippen molar-refractivity contribution in [1.29, 1.82) is 0 Å². The number of hydrogen-bond donors (Lipinski definition) is 2. The van der Waals surface area contributed by atoms with Crippen molar-refractivity contribution in [2.75, 3.05) is 0 Å². The van der Waals surface area contributed by atoms with Crippen LogP contribution in [0.25, 0.3) is 0 Å². The Morgan fingerprint density at radius 1 is 1.56 bits per heavy atom. The van der Waals surface area contributed by atoms with Crippen molar-refractivity contribution in [2.24, 2.45) is 5.73 Å². The Morgan fingerprint density at radius 3 is 2.62 bits per heavy atom. The maximum absolute atomic E-state index is 13.6. The van der Waals surface area contributed by atoms with Gasteiger partial charge in [-0.2, -0.15) is 0 Å². The number of aliphatic carboxylic acids is 1. The van der Waals surface area contributed by atoms with Crippen molar-refractivity contribution in [2.45, 2.75) is 25.8 Å². The lowest BCUT2D eigenvalue weighted by Gasteiger charge is -2.19. The maximum Gasteiger partial charge on any atom is 0.321 e. The summed E-state index contributed by atoms with van der Waals surface area (Å²) >= 11 is 3.28. The molecule has 0 spiro atoms. The fraction of sp³-hybridized carbons (Fsp3) is 0.364. The molecule has 0 saturated carbocycles. The molecule has 0 saturated heterocycles. The van der Waals surface area contributed by atoms with Crippen LogP contribution in [0.2, 0.25) is 0 Å². The van der Waals surface area contributed by atoms with Crippen molar-refractivity contribution >= 4 is 21.9 Å². The first-order chi connectivity index (χ1) is 7.36. The minimum absolute atomic E-state index is 0.351. The van der Waals surface area contributed by atoms with Crippen molar-refractivity contribution < 1.29 is 14.3 Å². The molecule has 0 aliphatic heterocycles. The van der Waals surface area contributed by atoms with Crippen LogP contribution in [0, 0.1) is 12.7 Å². The van der Waals surface area contributed by atoms with E-state index in [0.717, 1.165) is 4.47 Å². The van der Waals surface area contributed by atoms with Crippen LogP contribution in [-0.4, -0.2) is 17.1 Å². The highest BCUT2D eigenvalue weighted by atomic mass is 79.9. The minimum Gasteiger partial charge on any atom is -0.480 e. The summed E-state index contributed by atoms with van der Waals surface area (Å²) in [5.74, 6) is -2.13. The van der Waals surface area contributed by atoms with E-state index >= 15 is 0 Å². The molecule has 0 radical (unpaired) electrons. The molecule has 16 heavy (non-hydrogen) atoms. The van der Waals surface area contributed by atoms with E-state index < -0.39 is 23.7 Å². The zero-order valence-corrected chi connectivity index (χ0v) is 10.6. The molecule has 0 aliphatic carbocycles. The lowest BCUT2D eigenvalue weighted by molar-refractivity contribution is -0.139. The van der Waals surface area contributed by atoms with Gasteiger partial charge in [-0.3, -0.25) is 4.79 Å². The van der Waals surface area contributed by atoms with Gasteiger partial charge < -0.3 is 10.8 Å². The van der Waals surface area contributed by atoms with Crippen molar-refractivity contribution in [3.63, 3.8) is 0 Å². The average Bonchev–Trinajstić information content (AvgIpc) is 2.22. The SMILES string of the molecule is Cc1c(Br)ccc(F)c1C(C)C(N)C(=O)O. The average molecular weight is 290 g/mol. The van der Waals surface area contributed by atoms with E-state index in [2.05, 4.69) is 15.9 Å². The molecule has 1 rings (SSSR count). The number of halogens is 2. The number of carboxylic acids is 1. The van der Waals surface area contributed by atoms with Crippen LogP contribution in [0.5, 0.6) is 0 Å². The lowest BCUT2D eigenvalue weighted by Crippen LogP contribution is -2.36. The predicted molar refractivity (Wildman–Crippen MR) is 62.9 cm³/mol. The molecule has 1 aromatic carbocycles. The molecule has 0 bridgehead atoms. The molecule has 5 heteroatoms. The van der Waals surface area contributed by atoms with E-state index in [9.17, 15) is 9.18 Å². The third-order valence-electron chi connectivity index (χ3n) is 2.67. The molecule has 0 fully saturated rings. The third kappa shape index (κ3) is 2.41. The van der Waals surface area contributed by atoms with Crippen LogP contribution >= 0.6 is 15.9 Å². The number of hydrogen-bond acceptors (Lipinski definition) is 2. The number of nitrogens with two attached hydrogens (primary N) is 1. The van der Waals surface area contributed by atoms with E-state index in [-0.39, 0.29) is 0 Å². The Bertz CT molecular complexity index is 423. The van der Waals surface area contributed by atoms with E-state index in [1.54, 1.807) is 19.9 Å². The van der Waals surface area contributed by atoms with Gasteiger partial charge in [0, 0.05) is 10.4 Å². The monoisotopic (exact) mass is 289 g/mol. The summed E-state index contributed by atoms with van der Waals surface area (Å²) in [6, 6.07) is 1.78. The fourth-order valence-corrected chi connectivity index (χ4v) is 1.97. The normalized spacial score (nSPS) is 14.6. The summed E-state index contributed by atoms with van der Waals surface area (Å²) in [7, 11) is 0. The summed E-state index contributed by atoms with van der Waals surface area (Å²) in [4.78, 5) is 10.8. The molecule has 1 aromatic rings. The van der Waals surface area contributed by atoms with Crippen LogP contribution in [0.15, 0.2) is 16.6 Å². The smallest absolute Gasteiger partial charge is 0.321 e. The molecular weight excluding hydrogens is 277 g/mol. The Balaban J connectivity index is 3.22. The van der Waals surface area contributed by atoms with Crippen LogP contribution in [0.1, 0.15) is 24.0 Å². The lowest BCUT2D eigenvalue weighted by atomic mass is 9.90. The Morgan fingerprint density at radius 2 is 2.12 bits per heavy atom. The van der Waals surface area contributed by atoms with Gasteiger partial charge in [0.1, 0.15) is 11.9 Å². The highest BCUT2D eigenvalue weighted by molar-refractivity contribution is 9.10. The van der Waals surface area contributed by atoms with Crippen LogP contribution in [-0.2, 0) is 4.79 Å². The fourth-order valence-electron chi connectivity index (χ4n) is 1.62. The first-order valence-corrected chi connectivity index (χ1v) is 5.58. The van der Waals surface area contributed by atoms with Gasteiger partial charge in [0.15, 0.2) is 0 Å². The number of carbonyl (C=O) groups is 1. The molecule has 0 heterocycles. The van der Waals surface area contributed by atoms with Gasteiger partial charge in [-0.15, -0.1) is 0 Å². The van der Waals surface area contributed by atoms with E-state index in [0.29, 0.717) is 11.1 Å². The standard InChI is InChI=1S/C11H13BrFNO2/c1-5-7(12)3-4-8(13)9(5)6(2)10(14)11(15)16/h3-4,6,10H,14H2,1-2H3,(H,15,16). The third-order valence-corrected chi connectivity index (χ3v) is 3.53. The second kappa shape index (κ2) is 4.93. The highest BCUT2D eigenvalue weighted by Crippen LogP contribution is 2.29. The largest absolute Gasteiger partial charge is 0.480 e. The van der Waals surface area contributed by atoms with Crippen molar-refractivity contribution in [3.8, 4) is 0 Å². The Labute approximate surface area is 102 Å². The van der Waals surface area contributed by atoms with Gasteiger partial charge in [0.25, 0.3) is 0 Å². The number of rotatable bonds is 3. The summed E-state index contributed by atoms with van der Waals surface area (Å²) in [6.45, 7) is 3.34. The number of carboxylic acid groups (broad SMARTS) is 1. The molecule has 3 N–H and O–H groups in total. The zero-order valence-electron chi connectivity index (χ0n) is 9.00. The van der Waals surface area contributed by atoms with Gasteiger partial charge in [-0.1, -0.05) is 22.9 Å². The van der Waals surface area contributed by atoms with Gasteiger partial charge >= 0.3 is 5.97 Å². The van der Waals surface area contributed by atoms with Crippen LogP contribution in [0.4, 0.5) is 4.39 Å². The highest BCUT2D eigenvalue weighted by Gasteiger charge is 2.26. The molecule has 2 atom stereocenters. The first kappa shape index (κ1) is 13.1. The van der Waals surface area contributed by atoms with Crippen molar-refractivity contribution in [3.05, 3.63) is 33.5 Å². The maximum atomic E-state index is 13.6. The molecule has 2 unspecified atom stereocenters. The first-order valence-electron chi connectivity index (χ1n) is 4.79. The molecule has 0 amide bonds. The summed E-state index contributed by atoms with van der Waals surface area (Å²) < 4.78 is 14.4. The van der Waals surface area contributed by atoms with Crippen LogP contribution < -0.4 is 5.73 Å². The van der Waals surface area contributed by atoms with Gasteiger partial charge in [0.2, 0.25) is 0 Å². The van der Waals surface area contributed by atoms with E-state index in [1.807, 2.05) is 0 Å². The van der Waals surface area contributed by atoms with Gasteiger partial charge in [-0.25, -0.2) is 4.39 Å². The second-order valence-electron chi connectivity index (χ2n) is 3.72. The molecule has 3 nitrogen and oxygen atoms in total. The molecular formula is C11H13BrFNO2. The Kier molecular flexibility index (Phi) is 4.04. The predicted octanol–water partition coefficient (Wildman–Crippen LogP) is 2.41.